The highest BCUT2D eigenvalue weighted by atomic mass is 16.7. The number of carbonyl (C=O) groups is 1. The number of ether oxygens (including phenoxy) is 2. The fraction of sp³-hybridized carbons (Fsp3) is 0.421. The number of anilines is 1. The van der Waals surface area contributed by atoms with Crippen molar-refractivity contribution in [3.8, 4) is 11.5 Å². The van der Waals surface area contributed by atoms with Gasteiger partial charge in [-0.05, 0) is 36.6 Å². The van der Waals surface area contributed by atoms with Crippen molar-refractivity contribution in [3.63, 3.8) is 0 Å². The number of fused-ring (bicyclic) bond motifs is 1. The Balaban J connectivity index is 1.37. The first kappa shape index (κ1) is 17.4. The minimum absolute atomic E-state index is 0.0298. The maximum absolute atomic E-state index is 12.6. The molecule has 1 aromatic heterocycles. The Morgan fingerprint density at radius 3 is 2.96 bits per heavy atom. The van der Waals surface area contributed by atoms with Gasteiger partial charge in [-0.2, -0.15) is 5.10 Å². The Hall–Kier alpha value is -3.03. The molecule has 4 rings (SSSR count). The molecule has 1 saturated heterocycles. The summed E-state index contributed by atoms with van der Waals surface area (Å²) in [6, 6.07) is 8.90. The van der Waals surface area contributed by atoms with E-state index < -0.39 is 0 Å². The van der Waals surface area contributed by atoms with E-state index in [-0.39, 0.29) is 24.2 Å². The quantitative estimate of drug-likeness (QED) is 0.866. The van der Waals surface area contributed by atoms with Gasteiger partial charge in [0, 0.05) is 32.7 Å². The van der Waals surface area contributed by atoms with E-state index in [1.807, 2.05) is 18.2 Å². The van der Waals surface area contributed by atoms with Gasteiger partial charge >= 0.3 is 0 Å². The highest BCUT2D eigenvalue weighted by Crippen LogP contribution is 2.32. The Morgan fingerprint density at radius 1 is 1.26 bits per heavy atom. The molecule has 0 aliphatic carbocycles. The van der Waals surface area contributed by atoms with E-state index in [1.165, 1.54) is 10.7 Å². The number of aryl methyl sites for hydroxylation is 1. The molecule has 1 amide bonds. The summed E-state index contributed by atoms with van der Waals surface area (Å²) in [6.07, 6.45) is 1.75. The zero-order valence-electron chi connectivity index (χ0n) is 15.2. The van der Waals surface area contributed by atoms with Crippen LogP contribution in [-0.4, -0.2) is 35.6 Å². The molecule has 0 spiro atoms. The van der Waals surface area contributed by atoms with Crippen LogP contribution in [0.15, 0.2) is 35.1 Å². The summed E-state index contributed by atoms with van der Waals surface area (Å²) >= 11 is 0. The fourth-order valence-corrected chi connectivity index (χ4v) is 3.44. The lowest BCUT2D eigenvalue weighted by atomic mass is 9.97. The molecule has 0 saturated carbocycles. The second-order valence-corrected chi connectivity index (χ2v) is 6.84. The van der Waals surface area contributed by atoms with Crippen LogP contribution >= 0.6 is 0 Å². The number of hydrogen-bond donors (Lipinski definition) is 1. The summed E-state index contributed by atoms with van der Waals surface area (Å²) < 4.78 is 12.0. The van der Waals surface area contributed by atoms with Crippen LogP contribution in [0.4, 0.5) is 5.82 Å². The summed E-state index contributed by atoms with van der Waals surface area (Å²) in [7, 11) is 1.63. The third-order valence-corrected chi connectivity index (χ3v) is 4.97. The Morgan fingerprint density at radius 2 is 2.11 bits per heavy atom. The number of nitrogens with zero attached hydrogens (tertiary/aromatic N) is 3. The highest BCUT2D eigenvalue weighted by molar-refractivity contribution is 5.79. The lowest BCUT2D eigenvalue weighted by Crippen LogP contribution is -2.43. The van der Waals surface area contributed by atoms with Gasteiger partial charge in [-0.15, -0.1) is 0 Å². The predicted octanol–water partition coefficient (Wildman–Crippen LogP) is 1.04. The van der Waals surface area contributed by atoms with E-state index in [9.17, 15) is 9.59 Å². The third-order valence-electron chi connectivity index (χ3n) is 4.97. The first-order valence-electron chi connectivity index (χ1n) is 9.06. The Kier molecular flexibility index (Phi) is 4.70. The van der Waals surface area contributed by atoms with Gasteiger partial charge in [-0.3, -0.25) is 9.59 Å². The molecule has 1 fully saturated rings. The van der Waals surface area contributed by atoms with Crippen molar-refractivity contribution < 1.29 is 14.3 Å². The maximum Gasteiger partial charge on any atom is 0.266 e. The fourth-order valence-electron chi connectivity index (χ4n) is 3.44. The van der Waals surface area contributed by atoms with Crippen LogP contribution in [-0.2, 0) is 18.4 Å². The normalized spacial score (nSPS) is 18.4. The molecule has 1 atom stereocenters. The van der Waals surface area contributed by atoms with Crippen LogP contribution in [0.5, 0.6) is 11.5 Å². The standard InChI is InChI=1S/C19H22N4O4/c1-22-18(24)7-6-17(21-22)23-8-2-3-14(11-23)19(25)20-10-13-4-5-15-16(9-13)27-12-26-15/h4-7,9,14H,2-3,8,10-12H2,1H3,(H,20,25)/t14-/m1/s1. The molecule has 142 valence electrons. The average molecular weight is 370 g/mol. The molecular weight excluding hydrogens is 348 g/mol. The van der Waals surface area contributed by atoms with Crippen molar-refractivity contribution in [2.45, 2.75) is 19.4 Å². The molecule has 0 bridgehead atoms. The summed E-state index contributed by atoms with van der Waals surface area (Å²) in [5.74, 6) is 2.10. The zero-order chi connectivity index (χ0) is 18.8. The van der Waals surface area contributed by atoms with E-state index in [0.29, 0.717) is 18.8 Å². The second-order valence-electron chi connectivity index (χ2n) is 6.84. The number of carbonyl (C=O) groups excluding carboxylic acids is 1. The number of benzene rings is 1. The summed E-state index contributed by atoms with van der Waals surface area (Å²) in [4.78, 5) is 26.2. The van der Waals surface area contributed by atoms with Crippen LogP contribution < -0.4 is 25.2 Å². The molecule has 8 nitrogen and oxygen atoms in total. The number of amides is 1. The lowest BCUT2D eigenvalue weighted by Gasteiger charge is -2.32. The van der Waals surface area contributed by atoms with E-state index in [4.69, 9.17) is 9.47 Å². The Bertz CT molecular complexity index is 911. The molecule has 27 heavy (non-hydrogen) atoms. The van der Waals surface area contributed by atoms with Crippen molar-refractivity contribution in [1.29, 1.82) is 0 Å². The molecule has 8 heteroatoms. The smallest absolute Gasteiger partial charge is 0.266 e. The summed E-state index contributed by atoms with van der Waals surface area (Å²) in [5.41, 5.74) is 0.828. The first-order chi connectivity index (χ1) is 13.1. The van der Waals surface area contributed by atoms with Crippen molar-refractivity contribution in [2.75, 3.05) is 24.8 Å². The van der Waals surface area contributed by atoms with Crippen molar-refractivity contribution in [1.82, 2.24) is 15.1 Å². The molecular formula is C19H22N4O4. The van der Waals surface area contributed by atoms with Gasteiger partial charge in [0.25, 0.3) is 5.56 Å². The van der Waals surface area contributed by atoms with Gasteiger partial charge in [0.2, 0.25) is 12.7 Å². The molecule has 0 unspecified atom stereocenters. The minimum atomic E-state index is -0.145. The van der Waals surface area contributed by atoms with Gasteiger partial charge in [0.05, 0.1) is 5.92 Å². The van der Waals surface area contributed by atoms with Crippen LogP contribution in [0.3, 0.4) is 0 Å². The third kappa shape index (κ3) is 3.74. The molecule has 1 aromatic carbocycles. The second kappa shape index (κ2) is 7.30. The number of aromatic nitrogens is 2. The maximum atomic E-state index is 12.6. The van der Waals surface area contributed by atoms with Crippen LogP contribution in [0.1, 0.15) is 18.4 Å². The van der Waals surface area contributed by atoms with Gasteiger partial charge in [0.1, 0.15) is 5.82 Å². The highest BCUT2D eigenvalue weighted by Gasteiger charge is 2.26. The number of piperidine rings is 1. The van der Waals surface area contributed by atoms with E-state index in [0.717, 1.165) is 36.5 Å². The summed E-state index contributed by atoms with van der Waals surface area (Å²) in [6.45, 7) is 2.11. The average Bonchev–Trinajstić information content (AvgIpc) is 3.16. The number of hydrogen-bond acceptors (Lipinski definition) is 6. The number of rotatable bonds is 4. The first-order valence-corrected chi connectivity index (χ1v) is 9.06. The van der Waals surface area contributed by atoms with Crippen LogP contribution in [0.2, 0.25) is 0 Å². The van der Waals surface area contributed by atoms with Crippen molar-refractivity contribution >= 4 is 11.7 Å². The van der Waals surface area contributed by atoms with Gasteiger partial charge in [-0.25, -0.2) is 4.68 Å². The van der Waals surface area contributed by atoms with E-state index in [1.54, 1.807) is 13.1 Å². The molecule has 1 N–H and O–H groups in total. The molecule has 0 radical (unpaired) electrons. The monoisotopic (exact) mass is 370 g/mol. The minimum Gasteiger partial charge on any atom is -0.454 e. The number of nitrogens with one attached hydrogen (secondary N) is 1. The SMILES string of the molecule is Cn1nc(N2CCC[C@@H](C(=O)NCc3ccc4c(c3)OCO4)C2)ccc1=O. The van der Waals surface area contributed by atoms with E-state index >= 15 is 0 Å². The molecule has 3 heterocycles. The van der Waals surface area contributed by atoms with Crippen molar-refractivity contribution in [2.24, 2.45) is 13.0 Å². The van der Waals surface area contributed by atoms with Gasteiger partial charge in [0.15, 0.2) is 11.5 Å². The lowest BCUT2D eigenvalue weighted by molar-refractivity contribution is -0.125. The largest absolute Gasteiger partial charge is 0.454 e. The topological polar surface area (TPSA) is 85.7 Å². The van der Waals surface area contributed by atoms with Gasteiger partial charge in [-0.1, -0.05) is 6.07 Å². The van der Waals surface area contributed by atoms with Crippen LogP contribution in [0.25, 0.3) is 0 Å². The van der Waals surface area contributed by atoms with Gasteiger partial charge < -0.3 is 19.7 Å². The van der Waals surface area contributed by atoms with E-state index in [2.05, 4.69) is 15.3 Å². The van der Waals surface area contributed by atoms with Crippen molar-refractivity contribution in [3.05, 3.63) is 46.2 Å². The molecule has 2 aliphatic heterocycles. The Labute approximate surface area is 156 Å². The molecule has 2 aliphatic rings. The predicted molar refractivity (Wildman–Crippen MR) is 98.8 cm³/mol. The van der Waals surface area contributed by atoms with Crippen LogP contribution in [0, 0.1) is 5.92 Å². The molecule has 2 aromatic rings. The summed E-state index contributed by atoms with van der Waals surface area (Å²) in [5, 5.41) is 7.30. The zero-order valence-corrected chi connectivity index (χ0v) is 15.2.